The number of ether oxygens (including phenoxy) is 2. The minimum absolute atomic E-state index is 0.364. The van der Waals surface area contributed by atoms with Gasteiger partial charge in [-0.2, -0.15) is 0 Å². The molecule has 0 saturated carbocycles. The largest absolute Gasteiger partial charge is 0.389 e. The summed E-state index contributed by atoms with van der Waals surface area (Å²) in [6.45, 7) is 4.75. The van der Waals surface area contributed by atoms with Crippen LogP contribution in [0.1, 0.15) is 24.5 Å². The number of hydrogen-bond acceptors (Lipinski definition) is 4. The van der Waals surface area contributed by atoms with E-state index < -0.39 is 6.10 Å². The number of rotatable bonds is 9. The molecule has 118 valence electrons. The fraction of sp³-hybridized carbons (Fsp3) is 0.647. The Labute approximate surface area is 127 Å². The summed E-state index contributed by atoms with van der Waals surface area (Å²) in [6.07, 6.45) is 2.85. The third-order valence-corrected chi connectivity index (χ3v) is 3.88. The van der Waals surface area contributed by atoms with Crippen LogP contribution in [0.3, 0.4) is 0 Å². The minimum Gasteiger partial charge on any atom is -0.389 e. The Morgan fingerprint density at radius 1 is 1.24 bits per heavy atom. The van der Waals surface area contributed by atoms with E-state index in [1.165, 1.54) is 11.1 Å². The molecule has 0 amide bonds. The Balaban J connectivity index is 1.61. The molecule has 0 aliphatic heterocycles. The molecule has 2 unspecified atom stereocenters. The van der Waals surface area contributed by atoms with Gasteiger partial charge in [0, 0.05) is 19.2 Å². The van der Waals surface area contributed by atoms with Crippen molar-refractivity contribution in [3.8, 4) is 0 Å². The lowest BCUT2D eigenvalue weighted by molar-refractivity contribution is 0.00561. The van der Waals surface area contributed by atoms with Gasteiger partial charge in [-0.1, -0.05) is 24.3 Å². The van der Waals surface area contributed by atoms with Crippen molar-refractivity contribution in [3.05, 3.63) is 35.4 Å². The lowest BCUT2D eigenvalue weighted by Gasteiger charge is -2.26. The van der Waals surface area contributed by atoms with Crippen molar-refractivity contribution in [2.75, 3.05) is 33.0 Å². The lowest BCUT2D eigenvalue weighted by Crippen LogP contribution is -2.40. The van der Waals surface area contributed by atoms with E-state index in [0.29, 0.717) is 39.0 Å². The highest BCUT2D eigenvalue weighted by atomic mass is 16.5. The number of aryl methyl sites for hydroxylation is 1. The second-order valence-electron chi connectivity index (χ2n) is 5.54. The van der Waals surface area contributed by atoms with E-state index in [2.05, 4.69) is 29.6 Å². The van der Waals surface area contributed by atoms with E-state index in [4.69, 9.17) is 9.47 Å². The van der Waals surface area contributed by atoms with Gasteiger partial charge in [-0.3, -0.25) is 0 Å². The van der Waals surface area contributed by atoms with E-state index in [1.807, 2.05) is 6.92 Å². The van der Waals surface area contributed by atoms with Gasteiger partial charge in [-0.05, 0) is 37.3 Å². The van der Waals surface area contributed by atoms with Crippen molar-refractivity contribution in [1.82, 2.24) is 5.32 Å². The monoisotopic (exact) mass is 293 g/mol. The third-order valence-electron chi connectivity index (χ3n) is 3.88. The van der Waals surface area contributed by atoms with Crippen molar-refractivity contribution >= 4 is 0 Å². The molecular formula is C17H27NO3. The van der Waals surface area contributed by atoms with Gasteiger partial charge in [0.1, 0.15) is 0 Å². The summed E-state index contributed by atoms with van der Waals surface area (Å²) < 4.78 is 10.6. The number of benzene rings is 1. The average molecular weight is 293 g/mol. The van der Waals surface area contributed by atoms with Gasteiger partial charge in [0.15, 0.2) is 0 Å². The molecule has 0 bridgehead atoms. The number of nitrogens with one attached hydrogen (secondary N) is 1. The van der Waals surface area contributed by atoms with E-state index >= 15 is 0 Å². The van der Waals surface area contributed by atoms with Crippen molar-refractivity contribution in [3.63, 3.8) is 0 Å². The molecule has 4 heteroatoms. The van der Waals surface area contributed by atoms with E-state index in [0.717, 1.165) is 19.3 Å². The summed E-state index contributed by atoms with van der Waals surface area (Å²) in [6, 6.07) is 9.08. The zero-order chi connectivity index (χ0) is 14.9. The number of fused-ring (bicyclic) bond motifs is 1. The first kappa shape index (κ1) is 16.4. The summed E-state index contributed by atoms with van der Waals surface area (Å²) >= 11 is 0. The third kappa shape index (κ3) is 5.75. The van der Waals surface area contributed by atoms with Gasteiger partial charge in [0.05, 0.1) is 25.9 Å². The second-order valence-corrected chi connectivity index (χ2v) is 5.54. The molecule has 2 atom stereocenters. The minimum atomic E-state index is -0.455. The highest BCUT2D eigenvalue weighted by Gasteiger charge is 2.18. The molecule has 1 aliphatic rings. The Hall–Kier alpha value is -0.940. The first-order valence-electron chi connectivity index (χ1n) is 7.93. The smallest absolute Gasteiger partial charge is 0.0897 e. The topological polar surface area (TPSA) is 50.7 Å². The zero-order valence-corrected chi connectivity index (χ0v) is 12.9. The van der Waals surface area contributed by atoms with Crippen LogP contribution < -0.4 is 5.32 Å². The number of hydrogen-bond donors (Lipinski definition) is 2. The molecule has 0 aromatic heterocycles. The molecular weight excluding hydrogens is 266 g/mol. The maximum atomic E-state index is 9.90. The summed E-state index contributed by atoms with van der Waals surface area (Å²) in [7, 11) is 0. The molecule has 2 N–H and O–H groups in total. The predicted molar refractivity (Wildman–Crippen MR) is 83.6 cm³/mol. The fourth-order valence-electron chi connectivity index (χ4n) is 2.72. The molecule has 0 fully saturated rings. The maximum Gasteiger partial charge on any atom is 0.0897 e. The molecule has 0 saturated heterocycles. The summed E-state index contributed by atoms with van der Waals surface area (Å²) in [5.74, 6) is 0. The van der Waals surface area contributed by atoms with Gasteiger partial charge >= 0.3 is 0 Å². The van der Waals surface area contributed by atoms with Crippen molar-refractivity contribution in [1.29, 1.82) is 0 Å². The van der Waals surface area contributed by atoms with Crippen molar-refractivity contribution in [2.45, 2.75) is 38.3 Å². The van der Waals surface area contributed by atoms with Gasteiger partial charge in [-0.15, -0.1) is 0 Å². The predicted octanol–water partition coefficient (Wildman–Crippen LogP) is 1.55. The van der Waals surface area contributed by atoms with Gasteiger partial charge in [-0.25, -0.2) is 0 Å². The number of aliphatic hydroxyl groups is 1. The standard InChI is InChI=1S/C17H27NO3/c1-2-20-9-10-21-13-17(19)12-18-16-8-7-14-5-3-4-6-15(14)11-16/h3-6,16-19H,2,7-13H2,1H3. The van der Waals surface area contributed by atoms with Crippen LogP contribution in [0.2, 0.25) is 0 Å². The number of aliphatic hydroxyl groups excluding tert-OH is 1. The highest BCUT2D eigenvalue weighted by molar-refractivity contribution is 5.30. The van der Waals surface area contributed by atoms with Crippen LogP contribution in [0.4, 0.5) is 0 Å². The molecule has 21 heavy (non-hydrogen) atoms. The summed E-state index contributed by atoms with van der Waals surface area (Å²) in [5.41, 5.74) is 2.90. The van der Waals surface area contributed by atoms with Crippen LogP contribution in [-0.4, -0.2) is 50.2 Å². The Bertz CT molecular complexity index is 411. The van der Waals surface area contributed by atoms with Crippen LogP contribution in [-0.2, 0) is 22.3 Å². The first-order valence-corrected chi connectivity index (χ1v) is 7.93. The van der Waals surface area contributed by atoms with Gasteiger partial charge in [0.25, 0.3) is 0 Å². The van der Waals surface area contributed by atoms with Crippen LogP contribution in [0.25, 0.3) is 0 Å². The molecule has 2 rings (SSSR count). The molecule has 1 aliphatic carbocycles. The molecule has 1 aromatic carbocycles. The van der Waals surface area contributed by atoms with E-state index in [-0.39, 0.29) is 0 Å². The van der Waals surface area contributed by atoms with Crippen LogP contribution in [0.5, 0.6) is 0 Å². The van der Waals surface area contributed by atoms with Gasteiger partial charge in [0.2, 0.25) is 0 Å². The SMILES string of the molecule is CCOCCOCC(O)CNC1CCc2ccccc2C1. The Kier molecular flexibility index (Phi) is 7.16. The summed E-state index contributed by atoms with van der Waals surface area (Å²) in [5, 5.41) is 13.4. The second kappa shape index (κ2) is 9.15. The summed E-state index contributed by atoms with van der Waals surface area (Å²) in [4.78, 5) is 0. The first-order chi connectivity index (χ1) is 10.3. The quantitative estimate of drug-likeness (QED) is 0.678. The highest BCUT2D eigenvalue weighted by Crippen LogP contribution is 2.20. The lowest BCUT2D eigenvalue weighted by atomic mass is 9.88. The molecule has 0 spiro atoms. The van der Waals surface area contributed by atoms with Crippen molar-refractivity contribution in [2.24, 2.45) is 0 Å². The maximum absolute atomic E-state index is 9.90. The Morgan fingerprint density at radius 2 is 2.00 bits per heavy atom. The van der Waals surface area contributed by atoms with Gasteiger partial charge < -0.3 is 19.9 Å². The van der Waals surface area contributed by atoms with E-state index in [9.17, 15) is 5.11 Å². The molecule has 4 nitrogen and oxygen atoms in total. The van der Waals surface area contributed by atoms with Crippen LogP contribution >= 0.6 is 0 Å². The molecule has 0 radical (unpaired) electrons. The molecule has 0 heterocycles. The van der Waals surface area contributed by atoms with Crippen LogP contribution in [0.15, 0.2) is 24.3 Å². The van der Waals surface area contributed by atoms with E-state index in [1.54, 1.807) is 0 Å². The Morgan fingerprint density at radius 3 is 2.81 bits per heavy atom. The average Bonchev–Trinajstić information content (AvgIpc) is 2.52. The van der Waals surface area contributed by atoms with Crippen LogP contribution in [0, 0.1) is 0 Å². The normalized spacial score (nSPS) is 19.2. The molecule has 1 aromatic rings. The fourth-order valence-corrected chi connectivity index (χ4v) is 2.72. The van der Waals surface area contributed by atoms with Crippen molar-refractivity contribution < 1.29 is 14.6 Å². The zero-order valence-electron chi connectivity index (χ0n) is 12.9.